The maximum Gasteiger partial charge on any atom is 0.225 e. The quantitative estimate of drug-likeness (QED) is 0.704. The number of carbonyl (C=O) groups excluding carboxylic acids is 1. The summed E-state index contributed by atoms with van der Waals surface area (Å²) in [6, 6.07) is 0. The Morgan fingerprint density at radius 3 is 2.78 bits per heavy atom. The van der Waals surface area contributed by atoms with Crippen LogP contribution in [0.25, 0.3) is 0 Å². The smallest absolute Gasteiger partial charge is 0.225 e. The van der Waals surface area contributed by atoms with Gasteiger partial charge in [0.25, 0.3) is 0 Å². The Balaban J connectivity index is 2.44. The van der Waals surface area contributed by atoms with Crippen LogP contribution in [0, 0.1) is 11.8 Å². The summed E-state index contributed by atoms with van der Waals surface area (Å²) in [5.74, 6) is 1.03. The highest BCUT2D eigenvalue weighted by molar-refractivity contribution is 5.78. The maximum absolute atomic E-state index is 12.4. The van der Waals surface area contributed by atoms with Gasteiger partial charge in [-0.05, 0) is 45.6 Å². The van der Waals surface area contributed by atoms with Crippen molar-refractivity contribution in [1.29, 1.82) is 0 Å². The normalized spacial score (nSPS) is 23.9. The molecule has 4 nitrogen and oxygen atoms in total. The van der Waals surface area contributed by atoms with Crippen molar-refractivity contribution in [2.45, 2.75) is 39.5 Å². The predicted octanol–water partition coefficient (Wildman–Crippen LogP) is 1.64. The molecule has 2 N–H and O–H groups in total. The third-order valence-corrected chi connectivity index (χ3v) is 3.87. The van der Waals surface area contributed by atoms with E-state index >= 15 is 0 Å². The van der Waals surface area contributed by atoms with E-state index in [1.54, 1.807) is 0 Å². The average Bonchev–Trinajstić information content (AvgIpc) is 2.43. The highest BCUT2D eigenvalue weighted by Crippen LogP contribution is 2.29. The van der Waals surface area contributed by atoms with E-state index in [4.69, 9.17) is 10.5 Å². The van der Waals surface area contributed by atoms with Crippen LogP contribution in [0.5, 0.6) is 0 Å². The van der Waals surface area contributed by atoms with Gasteiger partial charge in [0.2, 0.25) is 5.91 Å². The molecule has 2 atom stereocenters. The summed E-state index contributed by atoms with van der Waals surface area (Å²) < 4.78 is 5.33. The van der Waals surface area contributed by atoms with Gasteiger partial charge in [-0.2, -0.15) is 0 Å². The van der Waals surface area contributed by atoms with Gasteiger partial charge < -0.3 is 15.4 Å². The third-order valence-electron chi connectivity index (χ3n) is 3.87. The number of nitrogens with zero attached hydrogens (tertiary/aromatic N) is 1. The second-order valence-corrected chi connectivity index (χ2v) is 5.08. The zero-order chi connectivity index (χ0) is 13.4. The molecule has 0 radical (unpaired) electrons. The highest BCUT2D eigenvalue weighted by Gasteiger charge is 2.29. The van der Waals surface area contributed by atoms with Crippen LogP contribution in [0.4, 0.5) is 0 Å². The summed E-state index contributed by atoms with van der Waals surface area (Å²) in [4.78, 5) is 14.3. The van der Waals surface area contributed by atoms with Crippen LogP contribution >= 0.6 is 0 Å². The van der Waals surface area contributed by atoms with Crippen molar-refractivity contribution in [1.82, 2.24) is 4.90 Å². The largest absolute Gasteiger partial charge is 0.380 e. The standard InChI is InChI=1S/C14H28N2O2/c1-3-16(8-9-18-4-2)14(17)13-7-5-6-12(10-13)11-15/h12-13H,3-11,15H2,1-2H3. The number of hydrogen-bond acceptors (Lipinski definition) is 3. The number of nitrogens with two attached hydrogens (primary N) is 1. The molecule has 2 unspecified atom stereocenters. The summed E-state index contributed by atoms with van der Waals surface area (Å²) in [5.41, 5.74) is 5.73. The van der Waals surface area contributed by atoms with E-state index in [0.717, 1.165) is 32.4 Å². The van der Waals surface area contributed by atoms with E-state index < -0.39 is 0 Å². The average molecular weight is 256 g/mol. The first-order valence-corrected chi connectivity index (χ1v) is 7.29. The van der Waals surface area contributed by atoms with Gasteiger partial charge in [0.15, 0.2) is 0 Å². The van der Waals surface area contributed by atoms with Gasteiger partial charge in [-0.25, -0.2) is 0 Å². The van der Waals surface area contributed by atoms with Crippen LogP contribution in [0.1, 0.15) is 39.5 Å². The van der Waals surface area contributed by atoms with Gasteiger partial charge in [-0.3, -0.25) is 4.79 Å². The number of ether oxygens (including phenoxy) is 1. The molecule has 0 saturated heterocycles. The van der Waals surface area contributed by atoms with Crippen molar-refractivity contribution >= 4 is 5.91 Å². The lowest BCUT2D eigenvalue weighted by Crippen LogP contribution is -2.40. The maximum atomic E-state index is 12.4. The van der Waals surface area contributed by atoms with Gasteiger partial charge in [0.05, 0.1) is 6.61 Å². The third kappa shape index (κ3) is 4.58. The SMILES string of the molecule is CCOCCN(CC)C(=O)C1CCCC(CN)C1. The molecule has 0 aromatic rings. The van der Waals surface area contributed by atoms with Crippen molar-refractivity contribution < 1.29 is 9.53 Å². The van der Waals surface area contributed by atoms with Crippen LogP contribution in [-0.2, 0) is 9.53 Å². The lowest BCUT2D eigenvalue weighted by atomic mass is 9.81. The number of carbonyl (C=O) groups is 1. The number of amides is 1. The fourth-order valence-electron chi connectivity index (χ4n) is 2.73. The molecule has 106 valence electrons. The minimum atomic E-state index is 0.189. The molecule has 0 aromatic heterocycles. The first-order chi connectivity index (χ1) is 8.72. The van der Waals surface area contributed by atoms with Gasteiger partial charge in [0, 0.05) is 25.6 Å². The zero-order valence-corrected chi connectivity index (χ0v) is 11.9. The van der Waals surface area contributed by atoms with Gasteiger partial charge in [0.1, 0.15) is 0 Å². The second-order valence-electron chi connectivity index (χ2n) is 5.08. The van der Waals surface area contributed by atoms with Gasteiger partial charge in [-0.1, -0.05) is 6.42 Å². The van der Waals surface area contributed by atoms with E-state index in [1.165, 1.54) is 6.42 Å². The lowest BCUT2D eigenvalue weighted by molar-refractivity contribution is -0.137. The molecule has 1 fully saturated rings. The zero-order valence-electron chi connectivity index (χ0n) is 11.9. The highest BCUT2D eigenvalue weighted by atomic mass is 16.5. The topological polar surface area (TPSA) is 55.6 Å². The van der Waals surface area contributed by atoms with Crippen molar-refractivity contribution in [3.63, 3.8) is 0 Å². The van der Waals surface area contributed by atoms with E-state index in [2.05, 4.69) is 0 Å². The summed E-state index contributed by atoms with van der Waals surface area (Å²) >= 11 is 0. The monoisotopic (exact) mass is 256 g/mol. The summed E-state index contributed by atoms with van der Waals surface area (Å²) in [7, 11) is 0. The van der Waals surface area contributed by atoms with Crippen molar-refractivity contribution in [2.24, 2.45) is 17.6 Å². The molecule has 0 heterocycles. The van der Waals surface area contributed by atoms with Crippen molar-refractivity contribution in [3.05, 3.63) is 0 Å². The molecule has 1 aliphatic carbocycles. The number of hydrogen-bond donors (Lipinski definition) is 1. The van der Waals surface area contributed by atoms with E-state index in [-0.39, 0.29) is 5.92 Å². The van der Waals surface area contributed by atoms with Gasteiger partial charge in [-0.15, -0.1) is 0 Å². The summed E-state index contributed by atoms with van der Waals surface area (Å²) in [6.07, 6.45) is 4.33. The fourth-order valence-corrected chi connectivity index (χ4v) is 2.73. The molecule has 4 heteroatoms. The van der Waals surface area contributed by atoms with Crippen LogP contribution in [0.2, 0.25) is 0 Å². The van der Waals surface area contributed by atoms with Crippen LogP contribution in [-0.4, -0.2) is 43.7 Å². The van der Waals surface area contributed by atoms with E-state index in [1.807, 2.05) is 18.7 Å². The minimum absolute atomic E-state index is 0.189. The Labute approximate surface area is 111 Å². The van der Waals surface area contributed by atoms with E-state index in [0.29, 0.717) is 31.6 Å². The summed E-state index contributed by atoms with van der Waals surface area (Å²) in [6.45, 7) is 7.57. The summed E-state index contributed by atoms with van der Waals surface area (Å²) in [5, 5.41) is 0. The Morgan fingerprint density at radius 2 is 2.17 bits per heavy atom. The van der Waals surface area contributed by atoms with Crippen LogP contribution in [0.3, 0.4) is 0 Å². The first-order valence-electron chi connectivity index (χ1n) is 7.29. The molecule has 0 spiro atoms. The number of rotatable bonds is 7. The van der Waals surface area contributed by atoms with Crippen LogP contribution in [0.15, 0.2) is 0 Å². The molecule has 0 aromatic carbocycles. The molecule has 0 aliphatic heterocycles. The molecular formula is C14H28N2O2. The Hall–Kier alpha value is -0.610. The van der Waals surface area contributed by atoms with Crippen molar-refractivity contribution in [2.75, 3.05) is 32.8 Å². The minimum Gasteiger partial charge on any atom is -0.380 e. The molecule has 1 aliphatic rings. The van der Waals surface area contributed by atoms with E-state index in [9.17, 15) is 4.79 Å². The molecule has 1 amide bonds. The van der Waals surface area contributed by atoms with Gasteiger partial charge >= 0.3 is 0 Å². The van der Waals surface area contributed by atoms with Crippen LogP contribution < -0.4 is 5.73 Å². The number of likely N-dealkylation sites (N-methyl/N-ethyl adjacent to an activating group) is 1. The Bertz CT molecular complexity index is 246. The predicted molar refractivity (Wildman–Crippen MR) is 73.2 cm³/mol. The Kier molecular flexibility index (Phi) is 7.28. The molecule has 0 bridgehead atoms. The first kappa shape index (κ1) is 15.4. The van der Waals surface area contributed by atoms with Crippen molar-refractivity contribution in [3.8, 4) is 0 Å². The molecule has 1 rings (SSSR count). The fraction of sp³-hybridized carbons (Fsp3) is 0.929. The second kappa shape index (κ2) is 8.48. The molecule has 1 saturated carbocycles. The Morgan fingerprint density at radius 1 is 1.39 bits per heavy atom. The molecular weight excluding hydrogens is 228 g/mol. The molecule has 18 heavy (non-hydrogen) atoms. The lowest BCUT2D eigenvalue weighted by Gasteiger charge is -2.31.